The van der Waals surface area contributed by atoms with Crippen molar-refractivity contribution in [2.24, 2.45) is 0 Å². The minimum atomic E-state index is 0.552. The number of hydrogen-bond donors (Lipinski definition) is 0. The smallest absolute Gasteiger partial charge is 0.226 e. The number of hydrogen-bond acceptors (Lipinski definition) is 7. The van der Waals surface area contributed by atoms with Gasteiger partial charge in [0, 0.05) is 23.8 Å². The Hall–Kier alpha value is -1.67. The van der Waals surface area contributed by atoms with Crippen LogP contribution in [0.5, 0.6) is 0 Å². The van der Waals surface area contributed by atoms with Gasteiger partial charge in [0.25, 0.3) is 0 Å². The molecule has 23 heavy (non-hydrogen) atoms. The molecule has 0 saturated heterocycles. The van der Waals surface area contributed by atoms with Crippen LogP contribution in [0.15, 0.2) is 27.1 Å². The Bertz CT molecular complexity index is 776. The molecule has 0 spiro atoms. The van der Waals surface area contributed by atoms with E-state index in [-0.39, 0.29) is 0 Å². The molecule has 0 amide bonds. The predicted molar refractivity (Wildman–Crippen MR) is 88.7 cm³/mol. The van der Waals surface area contributed by atoms with Crippen molar-refractivity contribution in [1.82, 2.24) is 25.0 Å². The molecule has 0 atom stereocenters. The lowest BCUT2D eigenvalue weighted by Gasteiger charge is -2.07. The van der Waals surface area contributed by atoms with Crippen LogP contribution in [0.2, 0.25) is 0 Å². The summed E-state index contributed by atoms with van der Waals surface area (Å²) < 4.78 is 7.86. The second kappa shape index (κ2) is 6.45. The molecule has 0 bridgehead atoms. The monoisotopic (exact) mass is 347 g/mol. The molecule has 0 N–H and O–H groups in total. The van der Waals surface area contributed by atoms with Crippen molar-refractivity contribution >= 4 is 23.1 Å². The molecule has 0 unspecified atom stereocenters. The normalized spacial score (nSPS) is 14.5. The van der Waals surface area contributed by atoms with Crippen molar-refractivity contribution in [3.63, 3.8) is 0 Å². The van der Waals surface area contributed by atoms with Gasteiger partial charge in [-0.15, -0.1) is 31.7 Å². The molecule has 8 heteroatoms. The van der Waals surface area contributed by atoms with Gasteiger partial charge in [0.2, 0.25) is 11.8 Å². The van der Waals surface area contributed by atoms with Gasteiger partial charge in [-0.1, -0.05) is 24.8 Å². The minimum Gasteiger partial charge on any atom is -0.424 e. The Morgan fingerprint density at radius 2 is 2.13 bits per heavy atom. The Labute approximate surface area is 142 Å². The van der Waals surface area contributed by atoms with Crippen molar-refractivity contribution in [3.8, 4) is 0 Å². The summed E-state index contributed by atoms with van der Waals surface area (Å²) in [6.45, 7) is 2.00. The maximum absolute atomic E-state index is 5.56. The Morgan fingerprint density at radius 3 is 2.83 bits per heavy atom. The fraction of sp³-hybridized carbons (Fsp3) is 0.467. The van der Waals surface area contributed by atoms with Gasteiger partial charge >= 0.3 is 0 Å². The number of aryl methyl sites for hydroxylation is 1. The largest absolute Gasteiger partial charge is 0.424 e. The van der Waals surface area contributed by atoms with E-state index in [0.29, 0.717) is 23.6 Å². The number of aromatic nitrogens is 5. The molecule has 6 nitrogen and oxygen atoms in total. The molecule has 0 aromatic carbocycles. The van der Waals surface area contributed by atoms with E-state index in [1.165, 1.54) is 17.7 Å². The molecule has 4 rings (SSSR count). The highest BCUT2D eigenvalue weighted by atomic mass is 32.2. The molecule has 1 saturated carbocycles. The summed E-state index contributed by atoms with van der Waals surface area (Å²) in [7, 11) is 0. The summed E-state index contributed by atoms with van der Waals surface area (Å²) in [5, 5.41) is 19.9. The van der Waals surface area contributed by atoms with E-state index < -0.39 is 0 Å². The lowest BCUT2D eigenvalue weighted by molar-refractivity contribution is 0.469. The third-order valence-electron chi connectivity index (χ3n) is 3.70. The highest BCUT2D eigenvalue weighted by molar-refractivity contribution is 7.98. The van der Waals surface area contributed by atoms with Crippen LogP contribution in [-0.2, 0) is 18.6 Å². The molecule has 3 aromatic rings. The van der Waals surface area contributed by atoms with Gasteiger partial charge in [-0.3, -0.25) is 0 Å². The fourth-order valence-corrected chi connectivity index (χ4v) is 3.97. The summed E-state index contributed by atoms with van der Waals surface area (Å²) in [4.78, 5) is 1.32. The first kappa shape index (κ1) is 14.9. The summed E-state index contributed by atoms with van der Waals surface area (Å²) >= 11 is 3.38. The molecule has 1 aliphatic rings. The summed E-state index contributed by atoms with van der Waals surface area (Å²) in [6.07, 6.45) is 4.04. The lowest BCUT2D eigenvalue weighted by Crippen LogP contribution is -2.03. The van der Waals surface area contributed by atoms with Crippen LogP contribution in [0.4, 0.5) is 0 Å². The van der Waals surface area contributed by atoms with Crippen LogP contribution in [0.25, 0.3) is 0 Å². The van der Waals surface area contributed by atoms with E-state index in [9.17, 15) is 0 Å². The number of rotatable bonds is 7. The lowest BCUT2D eigenvalue weighted by atomic mass is 10.3. The van der Waals surface area contributed by atoms with Crippen LogP contribution in [-0.4, -0.2) is 25.0 Å². The Balaban J connectivity index is 1.50. The fourth-order valence-electron chi connectivity index (χ4n) is 2.41. The SMILES string of the molecule is CCc1nnc(CSc2nnc(Cc3cccs3)n2C2CC2)o1. The molecule has 120 valence electrons. The Kier molecular flexibility index (Phi) is 4.17. The van der Waals surface area contributed by atoms with E-state index in [0.717, 1.165) is 23.8 Å². The van der Waals surface area contributed by atoms with Gasteiger partial charge < -0.3 is 8.98 Å². The first-order valence-electron chi connectivity index (χ1n) is 7.73. The van der Waals surface area contributed by atoms with Crippen LogP contribution < -0.4 is 0 Å². The van der Waals surface area contributed by atoms with Gasteiger partial charge in [0.1, 0.15) is 5.82 Å². The van der Waals surface area contributed by atoms with Crippen LogP contribution in [0, 0.1) is 0 Å². The van der Waals surface area contributed by atoms with Crippen molar-refractivity contribution in [3.05, 3.63) is 40.0 Å². The summed E-state index contributed by atoms with van der Waals surface area (Å²) in [6, 6.07) is 4.78. The highest BCUT2D eigenvalue weighted by Crippen LogP contribution is 2.39. The van der Waals surface area contributed by atoms with Crippen LogP contribution >= 0.6 is 23.1 Å². The average molecular weight is 347 g/mol. The number of thiophene rings is 1. The van der Waals surface area contributed by atoms with E-state index >= 15 is 0 Å². The van der Waals surface area contributed by atoms with Crippen LogP contribution in [0.1, 0.15) is 48.3 Å². The van der Waals surface area contributed by atoms with Crippen LogP contribution in [0.3, 0.4) is 0 Å². The molecule has 1 fully saturated rings. The first-order valence-corrected chi connectivity index (χ1v) is 9.60. The zero-order valence-electron chi connectivity index (χ0n) is 12.8. The number of nitrogens with zero attached hydrogens (tertiary/aromatic N) is 5. The van der Waals surface area contributed by atoms with Gasteiger partial charge in [-0.05, 0) is 24.3 Å². The quantitative estimate of drug-likeness (QED) is 0.609. The number of thioether (sulfide) groups is 1. The van der Waals surface area contributed by atoms with Gasteiger partial charge in [0.05, 0.1) is 5.75 Å². The topological polar surface area (TPSA) is 69.6 Å². The molecule has 3 aromatic heterocycles. The van der Waals surface area contributed by atoms with Gasteiger partial charge in [-0.25, -0.2) is 0 Å². The predicted octanol–water partition coefficient (Wildman–Crippen LogP) is 3.50. The molecule has 0 aliphatic heterocycles. The summed E-state index contributed by atoms with van der Waals surface area (Å²) in [5.74, 6) is 3.02. The first-order chi connectivity index (χ1) is 11.3. The van der Waals surface area contributed by atoms with Crippen molar-refractivity contribution in [2.45, 2.75) is 49.6 Å². The van der Waals surface area contributed by atoms with E-state index in [4.69, 9.17) is 4.42 Å². The third-order valence-corrected chi connectivity index (χ3v) is 5.50. The zero-order chi connectivity index (χ0) is 15.6. The summed E-state index contributed by atoms with van der Waals surface area (Å²) in [5.41, 5.74) is 0. The zero-order valence-corrected chi connectivity index (χ0v) is 14.4. The van der Waals surface area contributed by atoms with E-state index in [2.05, 4.69) is 42.5 Å². The minimum absolute atomic E-state index is 0.552. The maximum Gasteiger partial charge on any atom is 0.226 e. The maximum atomic E-state index is 5.56. The average Bonchev–Trinajstić information content (AvgIpc) is 2.99. The van der Waals surface area contributed by atoms with E-state index in [1.807, 2.05) is 6.92 Å². The molecular weight excluding hydrogens is 330 g/mol. The molecular formula is C15H17N5OS2. The second-order valence-electron chi connectivity index (χ2n) is 5.49. The van der Waals surface area contributed by atoms with Gasteiger partial charge in [0.15, 0.2) is 5.16 Å². The standard InChI is InChI=1S/C15H17N5OS2/c1-2-13-17-18-14(21-13)9-23-15-19-16-12(20(15)10-5-6-10)8-11-4-3-7-22-11/h3-4,7,10H,2,5-6,8-9H2,1H3. The van der Waals surface area contributed by atoms with Crippen molar-refractivity contribution < 1.29 is 4.42 Å². The van der Waals surface area contributed by atoms with E-state index in [1.54, 1.807) is 23.1 Å². The molecule has 1 aliphatic carbocycles. The molecule has 0 radical (unpaired) electrons. The highest BCUT2D eigenvalue weighted by Gasteiger charge is 2.29. The van der Waals surface area contributed by atoms with Crippen molar-refractivity contribution in [2.75, 3.05) is 0 Å². The second-order valence-corrected chi connectivity index (χ2v) is 7.46. The van der Waals surface area contributed by atoms with Crippen molar-refractivity contribution in [1.29, 1.82) is 0 Å². The third kappa shape index (κ3) is 3.32. The molecule has 3 heterocycles. The van der Waals surface area contributed by atoms with Gasteiger partial charge in [-0.2, -0.15) is 0 Å². The Morgan fingerprint density at radius 1 is 1.26 bits per heavy atom.